The van der Waals surface area contributed by atoms with E-state index in [0.717, 1.165) is 39.0 Å². The number of nitrogens with zero attached hydrogens (tertiary/aromatic N) is 2. The van der Waals surface area contributed by atoms with Crippen molar-refractivity contribution in [3.8, 4) is 0 Å². The van der Waals surface area contributed by atoms with Crippen LogP contribution in [0.4, 0.5) is 0 Å². The van der Waals surface area contributed by atoms with E-state index in [1.54, 1.807) is 0 Å². The highest BCUT2D eigenvalue weighted by atomic mass is 16.5. The van der Waals surface area contributed by atoms with E-state index < -0.39 is 0 Å². The van der Waals surface area contributed by atoms with Crippen LogP contribution in [0.1, 0.15) is 31.0 Å². The quantitative estimate of drug-likeness (QED) is 0.767. The minimum atomic E-state index is 0.549. The third-order valence-corrected chi connectivity index (χ3v) is 3.15. The minimum absolute atomic E-state index is 0.549. The first-order valence-electron chi connectivity index (χ1n) is 6.16. The number of hydrogen-bond acceptors (Lipinski definition) is 3. The molecule has 1 fully saturated rings. The summed E-state index contributed by atoms with van der Waals surface area (Å²) < 4.78 is 7.59. The van der Waals surface area contributed by atoms with Crippen LogP contribution in [-0.4, -0.2) is 36.6 Å². The third-order valence-electron chi connectivity index (χ3n) is 3.15. The Morgan fingerprint density at radius 3 is 3.06 bits per heavy atom. The monoisotopic (exact) mass is 223 g/mol. The van der Waals surface area contributed by atoms with Crippen LogP contribution in [-0.2, 0) is 11.2 Å². The zero-order valence-electron chi connectivity index (χ0n) is 9.98. The van der Waals surface area contributed by atoms with Gasteiger partial charge in [0, 0.05) is 25.1 Å². The molecule has 4 heteroatoms. The average molecular weight is 223 g/mol. The first-order chi connectivity index (χ1) is 7.92. The number of nitrogens with one attached hydrogen (secondary N) is 1. The van der Waals surface area contributed by atoms with Gasteiger partial charge in [-0.1, -0.05) is 0 Å². The number of rotatable bonds is 5. The zero-order valence-corrected chi connectivity index (χ0v) is 9.98. The third kappa shape index (κ3) is 2.83. The molecule has 0 atom stereocenters. The fraction of sp³-hybridized carbons (Fsp3) is 0.750. The Morgan fingerprint density at radius 1 is 1.50 bits per heavy atom. The lowest BCUT2D eigenvalue weighted by molar-refractivity contribution is 0.0654. The normalized spacial score (nSPS) is 17.8. The second kappa shape index (κ2) is 6.01. The van der Waals surface area contributed by atoms with Crippen molar-refractivity contribution in [2.75, 3.05) is 26.8 Å². The zero-order chi connectivity index (χ0) is 11.2. The molecule has 1 aliphatic rings. The fourth-order valence-corrected chi connectivity index (χ4v) is 2.24. The molecule has 1 saturated heterocycles. The minimum Gasteiger partial charge on any atom is -0.381 e. The molecule has 2 rings (SSSR count). The first kappa shape index (κ1) is 11.6. The maximum atomic E-state index is 5.39. The molecule has 1 N–H and O–H groups in total. The van der Waals surface area contributed by atoms with Crippen LogP contribution in [0.5, 0.6) is 0 Å². The molecule has 0 saturated carbocycles. The highest BCUT2D eigenvalue weighted by Gasteiger charge is 2.18. The molecular weight excluding hydrogens is 202 g/mol. The average Bonchev–Trinajstić information content (AvgIpc) is 2.79. The van der Waals surface area contributed by atoms with Gasteiger partial charge in [0.15, 0.2) is 0 Å². The Morgan fingerprint density at radius 2 is 2.31 bits per heavy atom. The van der Waals surface area contributed by atoms with Gasteiger partial charge in [0.1, 0.15) is 0 Å². The molecule has 1 aromatic rings. The van der Waals surface area contributed by atoms with Crippen LogP contribution in [0, 0.1) is 0 Å². The van der Waals surface area contributed by atoms with Gasteiger partial charge in [0.05, 0.1) is 6.04 Å². The summed E-state index contributed by atoms with van der Waals surface area (Å²) in [6.07, 6.45) is 6.40. The van der Waals surface area contributed by atoms with E-state index in [1.165, 1.54) is 12.1 Å². The number of hydrogen-bond donors (Lipinski definition) is 1. The Bertz CT molecular complexity index is 305. The summed E-state index contributed by atoms with van der Waals surface area (Å²) in [5.74, 6) is 0. The summed E-state index contributed by atoms with van der Waals surface area (Å²) in [6, 6.07) is 2.69. The molecular formula is C12H21N3O. The van der Waals surface area contributed by atoms with Gasteiger partial charge in [-0.15, -0.1) is 0 Å². The van der Waals surface area contributed by atoms with E-state index in [4.69, 9.17) is 4.74 Å². The Hall–Kier alpha value is -0.870. The van der Waals surface area contributed by atoms with Gasteiger partial charge >= 0.3 is 0 Å². The Kier molecular flexibility index (Phi) is 4.36. The van der Waals surface area contributed by atoms with Gasteiger partial charge in [0.25, 0.3) is 0 Å². The van der Waals surface area contributed by atoms with Crippen molar-refractivity contribution < 1.29 is 4.74 Å². The molecule has 90 valence electrons. The first-order valence-corrected chi connectivity index (χ1v) is 6.16. The molecule has 1 aromatic heterocycles. The van der Waals surface area contributed by atoms with E-state index in [1.807, 2.05) is 13.2 Å². The lowest BCUT2D eigenvalue weighted by Crippen LogP contribution is -2.22. The highest BCUT2D eigenvalue weighted by Crippen LogP contribution is 2.22. The molecule has 0 bridgehead atoms. The summed E-state index contributed by atoms with van der Waals surface area (Å²) in [4.78, 5) is 0. The van der Waals surface area contributed by atoms with Crippen molar-refractivity contribution in [2.24, 2.45) is 0 Å². The molecule has 0 unspecified atom stereocenters. The van der Waals surface area contributed by atoms with Crippen molar-refractivity contribution in [3.63, 3.8) is 0 Å². The lowest BCUT2D eigenvalue weighted by Gasteiger charge is -2.24. The molecule has 0 amide bonds. The second-order valence-electron chi connectivity index (χ2n) is 4.32. The number of ether oxygens (including phenoxy) is 1. The van der Waals surface area contributed by atoms with Gasteiger partial charge in [-0.05, 0) is 45.3 Å². The van der Waals surface area contributed by atoms with Crippen LogP contribution in [0.25, 0.3) is 0 Å². The second-order valence-corrected chi connectivity index (χ2v) is 4.32. The van der Waals surface area contributed by atoms with Crippen molar-refractivity contribution in [3.05, 3.63) is 18.0 Å². The molecule has 4 nitrogen and oxygen atoms in total. The Labute approximate surface area is 97.0 Å². The van der Waals surface area contributed by atoms with Crippen molar-refractivity contribution in [1.29, 1.82) is 0 Å². The van der Waals surface area contributed by atoms with Crippen LogP contribution >= 0.6 is 0 Å². The van der Waals surface area contributed by atoms with Crippen molar-refractivity contribution >= 4 is 0 Å². The van der Waals surface area contributed by atoms with E-state index in [-0.39, 0.29) is 0 Å². The van der Waals surface area contributed by atoms with Crippen LogP contribution in [0.3, 0.4) is 0 Å². The SMILES string of the molecule is CNCCCc1ccnn1C1CCOCC1. The molecule has 16 heavy (non-hydrogen) atoms. The van der Waals surface area contributed by atoms with Crippen LogP contribution < -0.4 is 5.32 Å². The van der Waals surface area contributed by atoms with Crippen molar-refractivity contribution in [1.82, 2.24) is 15.1 Å². The van der Waals surface area contributed by atoms with Crippen LogP contribution in [0.15, 0.2) is 12.3 Å². The summed E-state index contributed by atoms with van der Waals surface area (Å²) in [5.41, 5.74) is 1.36. The predicted molar refractivity (Wildman–Crippen MR) is 63.6 cm³/mol. The molecule has 1 aliphatic heterocycles. The molecule has 2 heterocycles. The maximum Gasteiger partial charge on any atom is 0.0566 e. The standard InChI is InChI=1S/C12H21N3O/c1-13-7-2-3-11-4-8-14-15(11)12-5-9-16-10-6-12/h4,8,12-13H,2-3,5-7,9-10H2,1H3. The largest absolute Gasteiger partial charge is 0.381 e. The van der Waals surface area contributed by atoms with Gasteiger partial charge < -0.3 is 10.1 Å². The topological polar surface area (TPSA) is 39.1 Å². The molecule has 0 aromatic carbocycles. The van der Waals surface area contributed by atoms with Gasteiger partial charge in [-0.3, -0.25) is 4.68 Å². The summed E-state index contributed by atoms with van der Waals surface area (Å²) in [6.45, 7) is 2.82. The van der Waals surface area contributed by atoms with Crippen molar-refractivity contribution in [2.45, 2.75) is 31.7 Å². The highest BCUT2D eigenvalue weighted by molar-refractivity contribution is 5.02. The van der Waals surface area contributed by atoms with E-state index in [0.29, 0.717) is 6.04 Å². The fourth-order valence-electron chi connectivity index (χ4n) is 2.24. The van der Waals surface area contributed by atoms with E-state index in [2.05, 4.69) is 21.2 Å². The molecule has 0 aliphatic carbocycles. The number of aryl methyl sites for hydroxylation is 1. The van der Waals surface area contributed by atoms with E-state index >= 15 is 0 Å². The summed E-state index contributed by atoms with van der Waals surface area (Å²) in [7, 11) is 2.00. The van der Waals surface area contributed by atoms with Gasteiger partial charge in [0.2, 0.25) is 0 Å². The van der Waals surface area contributed by atoms with Gasteiger partial charge in [-0.25, -0.2) is 0 Å². The smallest absolute Gasteiger partial charge is 0.0566 e. The Balaban J connectivity index is 1.94. The van der Waals surface area contributed by atoms with Gasteiger partial charge in [-0.2, -0.15) is 5.10 Å². The lowest BCUT2D eigenvalue weighted by atomic mass is 10.1. The van der Waals surface area contributed by atoms with Crippen LogP contribution in [0.2, 0.25) is 0 Å². The predicted octanol–water partition coefficient (Wildman–Crippen LogP) is 1.39. The molecule has 0 radical (unpaired) electrons. The number of aromatic nitrogens is 2. The van der Waals surface area contributed by atoms with E-state index in [9.17, 15) is 0 Å². The summed E-state index contributed by atoms with van der Waals surface area (Å²) >= 11 is 0. The molecule has 0 spiro atoms. The summed E-state index contributed by atoms with van der Waals surface area (Å²) in [5, 5.41) is 7.64. The maximum absolute atomic E-state index is 5.39.